The molecule has 0 aromatic heterocycles. The zero-order chi connectivity index (χ0) is 6.91. The van der Waals surface area contributed by atoms with Gasteiger partial charge in [-0.05, 0) is 43.6 Å². The fourth-order valence-corrected chi connectivity index (χ4v) is 1.83. The Balaban J connectivity index is 0.000000810. The third-order valence-electron chi connectivity index (χ3n) is 2.33. The van der Waals surface area contributed by atoms with Crippen LogP contribution in [0.1, 0.15) is 39.5 Å². The Bertz CT molecular complexity index is 89.9. The Labute approximate surface area is 73.4 Å². The van der Waals surface area contributed by atoms with E-state index in [1.54, 1.807) is 0 Å². The van der Waals surface area contributed by atoms with Crippen LogP contribution >= 0.6 is 11.6 Å². The summed E-state index contributed by atoms with van der Waals surface area (Å²) in [6, 6.07) is 0. The lowest BCUT2D eigenvalue weighted by molar-refractivity contribution is 0.428. The average molecular weight is 179 g/mol. The van der Waals surface area contributed by atoms with Crippen molar-refractivity contribution in [3.05, 3.63) is 0 Å². The van der Waals surface area contributed by atoms with Gasteiger partial charge in [-0.25, -0.2) is 0 Å². The van der Waals surface area contributed by atoms with Crippen molar-refractivity contribution in [3.8, 4) is 0 Å². The smallest absolute Gasteiger partial charge is 0.0418 e. The van der Waals surface area contributed by atoms with E-state index in [1.165, 1.54) is 25.7 Å². The van der Waals surface area contributed by atoms with Gasteiger partial charge in [-0.3, -0.25) is 0 Å². The minimum Gasteiger partial charge on any atom is -0.120 e. The fraction of sp³-hybridized carbons (Fsp3) is 1.00. The van der Waals surface area contributed by atoms with Crippen LogP contribution in [0.4, 0.5) is 0 Å². The fourth-order valence-electron chi connectivity index (χ4n) is 1.61. The number of hydrogen-bond acceptors (Lipinski definition) is 0. The van der Waals surface area contributed by atoms with Crippen LogP contribution in [-0.2, 0) is 0 Å². The quantitative estimate of drug-likeness (QED) is 0.424. The van der Waals surface area contributed by atoms with E-state index >= 15 is 0 Å². The van der Waals surface area contributed by atoms with Crippen molar-refractivity contribution in [1.29, 1.82) is 0 Å². The second-order valence-electron chi connectivity index (χ2n) is 3.55. The van der Waals surface area contributed by atoms with Gasteiger partial charge in [-0.15, -0.1) is 11.6 Å². The number of halogens is 1. The van der Waals surface area contributed by atoms with Gasteiger partial charge in [0.05, 0.1) is 0 Å². The van der Waals surface area contributed by atoms with Crippen molar-refractivity contribution in [1.82, 2.24) is 0 Å². The molecule has 0 aliphatic heterocycles. The first-order valence-corrected chi connectivity index (χ1v) is 4.17. The van der Waals surface area contributed by atoms with Gasteiger partial charge in [0.15, 0.2) is 0 Å². The highest BCUT2D eigenvalue weighted by Crippen LogP contribution is 2.37. The predicted molar refractivity (Wildman–Crippen MR) is 53.2 cm³/mol. The summed E-state index contributed by atoms with van der Waals surface area (Å²) in [5.74, 6) is 0.777. The maximum Gasteiger partial charge on any atom is 0.0418 e. The molecule has 1 fully saturated rings. The summed E-state index contributed by atoms with van der Waals surface area (Å²) in [6.07, 6.45) is 5.47. The molecule has 0 amide bonds. The van der Waals surface area contributed by atoms with Crippen LogP contribution in [0.25, 0.3) is 0 Å². The van der Waals surface area contributed by atoms with E-state index in [0.717, 1.165) is 5.92 Å². The van der Waals surface area contributed by atoms with Crippen molar-refractivity contribution in [2.75, 3.05) is 0 Å². The number of rotatable bonds is 1. The number of hydrogen-bond donors (Lipinski definition) is 0. The van der Waals surface area contributed by atoms with Crippen molar-refractivity contribution in [2.45, 2.75) is 44.4 Å². The molecule has 0 heterocycles. The maximum absolute atomic E-state index is 6.14. The van der Waals surface area contributed by atoms with E-state index in [0.29, 0.717) is 0 Å². The third kappa shape index (κ3) is 2.63. The Morgan fingerprint density at radius 1 is 1.20 bits per heavy atom. The Morgan fingerprint density at radius 2 is 1.60 bits per heavy atom. The first kappa shape index (κ1) is 10.5. The van der Waals surface area contributed by atoms with Crippen molar-refractivity contribution < 1.29 is 0 Å². The van der Waals surface area contributed by atoms with Crippen molar-refractivity contribution in [2.24, 2.45) is 5.92 Å². The highest BCUT2D eigenvalue weighted by molar-refractivity contribution is 6.23. The molecule has 0 radical (unpaired) electrons. The lowest BCUT2D eigenvalue weighted by atomic mass is 9.94. The molecule has 1 aliphatic rings. The molecule has 0 unspecified atom stereocenters. The van der Waals surface area contributed by atoms with Gasteiger partial charge in [0.25, 0.3) is 0 Å². The molecule has 0 aromatic carbocycles. The van der Waals surface area contributed by atoms with Crippen LogP contribution in [0.3, 0.4) is 0 Å². The van der Waals surface area contributed by atoms with E-state index in [9.17, 15) is 0 Å². The first-order chi connectivity index (χ1) is 4.11. The highest BCUT2D eigenvalue weighted by Gasteiger charge is 2.29. The molecular formula is C8H19ClSi. The van der Waals surface area contributed by atoms with Gasteiger partial charge in [0, 0.05) is 4.87 Å². The molecule has 0 N–H and O–H groups in total. The summed E-state index contributed by atoms with van der Waals surface area (Å²) in [6.45, 7) is 4.26. The Hall–Kier alpha value is 0.507. The molecule has 0 nitrogen and oxygen atoms in total. The Kier molecular flexibility index (Phi) is 3.96. The van der Waals surface area contributed by atoms with Crippen molar-refractivity contribution in [3.63, 3.8) is 0 Å². The van der Waals surface area contributed by atoms with Crippen LogP contribution in [0.15, 0.2) is 0 Å². The molecule has 62 valence electrons. The SMILES string of the molecule is CC(C)(Cl)C1CCCC1.[SiH4]. The Morgan fingerprint density at radius 3 is 1.80 bits per heavy atom. The highest BCUT2D eigenvalue weighted by atomic mass is 35.5. The van der Waals surface area contributed by atoms with Crippen LogP contribution in [0.2, 0.25) is 0 Å². The van der Waals surface area contributed by atoms with Gasteiger partial charge in [0.2, 0.25) is 0 Å². The minimum atomic E-state index is 0. The first-order valence-electron chi connectivity index (χ1n) is 3.79. The van der Waals surface area contributed by atoms with E-state index in [4.69, 9.17) is 11.6 Å². The summed E-state index contributed by atoms with van der Waals surface area (Å²) < 4.78 is 0. The zero-order valence-corrected chi connectivity index (χ0v) is 7.04. The van der Waals surface area contributed by atoms with Gasteiger partial charge in [-0.1, -0.05) is 12.8 Å². The summed E-state index contributed by atoms with van der Waals surface area (Å²) in [5, 5.41) is 0. The second kappa shape index (κ2) is 3.77. The molecule has 1 aliphatic carbocycles. The van der Waals surface area contributed by atoms with Crippen LogP contribution in [0, 0.1) is 5.92 Å². The van der Waals surface area contributed by atoms with Crippen LogP contribution in [-0.4, -0.2) is 15.8 Å². The molecular weight excluding hydrogens is 160 g/mol. The zero-order valence-electron chi connectivity index (χ0n) is 6.28. The maximum atomic E-state index is 6.14. The topological polar surface area (TPSA) is 0 Å². The molecule has 0 saturated heterocycles. The van der Waals surface area contributed by atoms with E-state index in [-0.39, 0.29) is 15.8 Å². The normalized spacial score (nSPS) is 20.7. The van der Waals surface area contributed by atoms with E-state index in [2.05, 4.69) is 13.8 Å². The van der Waals surface area contributed by atoms with Gasteiger partial charge in [-0.2, -0.15) is 0 Å². The van der Waals surface area contributed by atoms with E-state index < -0.39 is 0 Å². The van der Waals surface area contributed by atoms with Crippen LogP contribution in [0.5, 0.6) is 0 Å². The van der Waals surface area contributed by atoms with E-state index in [1.807, 2.05) is 0 Å². The lowest BCUT2D eigenvalue weighted by Gasteiger charge is -2.23. The lowest BCUT2D eigenvalue weighted by Crippen LogP contribution is -2.21. The van der Waals surface area contributed by atoms with Gasteiger partial charge < -0.3 is 0 Å². The molecule has 2 heteroatoms. The summed E-state index contributed by atoms with van der Waals surface area (Å²) in [4.78, 5) is 0.0521. The third-order valence-corrected chi connectivity index (χ3v) is 2.63. The van der Waals surface area contributed by atoms with Gasteiger partial charge in [0.1, 0.15) is 0 Å². The minimum absolute atomic E-state index is 0. The van der Waals surface area contributed by atoms with Crippen LogP contribution < -0.4 is 0 Å². The van der Waals surface area contributed by atoms with Gasteiger partial charge >= 0.3 is 0 Å². The summed E-state index contributed by atoms with van der Waals surface area (Å²) in [7, 11) is 0. The summed E-state index contributed by atoms with van der Waals surface area (Å²) >= 11 is 6.14. The molecule has 0 spiro atoms. The number of alkyl halides is 1. The molecule has 1 saturated carbocycles. The largest absolute Gasteiger partial charge is 0.120 e. The molecule has 10 heavy (non-hydrogen) atoms. The molecule has 0 bridgehead atoms. The monoisotopic (exact) mass is 178 g/mol. The molecule has 0 atom stereocenters. The average Bonchev–Trinajstić information content (AvgIpc) is 2.08. The summed E-state index contributed by atoms with van der Waals surface area (Å²) in [5.41, 5.74) is 0. The molecule has 0 aromatic rings. The van der Waals surface area contributed by atoms with Crippen molar-refractivity contribution >= 4 is 22.6 Å². The standard InChI is InChI=1S/C8H15Cl.H4Si/c1-8(2,9)7-5-3-4-6-7;/h7H,3-6H2,1-2H3;1H4. The molecule has 1 rings (SSSR count). The predicted octanol–water partition coefficient (Wildman–Crippen LogP) is 1.74. The second-order valence-corrected chi connectivity index (χ2v) is 4.52.